The number of carbonyl (C=O) groups is 2. The van der Waals surface area contributed by atoms with Crippen LogP contribution in [0.15, 0.2) is 59.5 Å². The molecule has 2 aromatic carbocycles. The molecule has 1 fully saturated rings. The third-order valence-electron chi connectivity index (χ3n) is 6.42. The number of halogens is 1. The van der Waals surface area contributed by atoms with Gasteiger partial charge in [0.15, 0.2) is 0 Å². The van der Waals surface area contributed by atoms with Crippen LogP contribution < -0.4 is 10.2 Å². The predicted octanol–water partition coefficient (Wildman–Crippen LogP) is 5.22. The molecule has 9 heteroatoms. The molecule has 0 spiro atoms. The van der Waals surface area contributed by atoms with E-state index in [0.717, 1.165) is 28.6 Å². The Morgan fingerprint density at radius 2 is 1.86 bits per heavy atom. The minimum Gasteiger partial charge on any atom is -0.339 e. The minimum atomic E-state index is -0.313. The Kier molecular flexibility index (Phi) is 6.40. The average Bonchev–Trinajstić information content (AvgIpc) is 3.24. The summed E-state index contributed by atoms with van der Waals surface area (Å²) in [4.78, 5) is 46.0. The van der Waals surface area contributed by atoms with Crippen LogP contribution in [0.3, 0.4) is 0 Å². The van der Waals surface area contributed by atoms with Crippen LogP contribution >= 0.6 is 22.9 Å². The normalized spacial score (nSPS) is 14.3. The summed E-state index contributed by atoms with van der Waals surface area (Å²) in [6, 6.07) is 14.6. The Hall–Kier alpha value is -3.49. The molecule has 1 saturated heterocycles. The summed E-state index contributed by atoms with van der Waals surface area (Å²) in [5.74, 6) is -0.0139. The van der Waals surface area contributed by atoms with E-state index in [4.69, 9.17) is 11.6 Å². The molecule has 178 valence electrons. The summed E-state index contributed by atoms with van der Waals surface area (Å²) < 4.78 is 0.967. The van der Waals surface area contributed by atoms with Crippen LogP contribution in [0.25, 0.3) is 10.2 Å². The van der Waals surface area contributed by atoms with Crippen LogP contribution in [0.4, 0.5) is 5.69 Å². The highest BCUT2D eigenvalue weighted by molar-refractivity contribution is 7.16. The molecule has 0 bridgehead atoms. The SMILES string of the molecule is Cc1ccc(C(=O)N2CCC(c3ccc4[nH]c(=O)sc4c3)CC2)cc1NC(=O)c1ccc(Cl)nc1. The van der Waals surface area contributed by atoms with E-state index >= 15 is 0 Å². The first-order chi connectivity index (χ1) is 16.9. The number of aromatic nitrogens is 2. The van der Waals surface area contributed by atoms with Crippen LogP contribution in [0.2, 0.25) is 5.15 Å². The molecule has 1 aliphatic rings. The quantitative estimate of drug-likeness (QED) is 0.371. The largest absolute Gasteiger partial charge is 0.339 e. The highest BCUT2D eigenvalue weighted by Crippen LogP contribution is 2.31. The van der Waals surface area contributed by atoms with Crippen molar-refractivity contribution in [3.05, 3.63) is 91.8 Å². The van der Waals surface area contributed by atoms with Gasteiger partial charge < -0.3 is 15.2 Å². The van der Waals surface area contributed by atoms with Crippen LogP contribution in [0, 0.1) is 6.92 Å². The molecule has 3 heterocycles. The van der Waals surface area contributed by atoms with Gasteiger partial charge in [-0.3, -0.25) is 14.4 Å². The van der Waals surface area contributed by atoms with Crippen LogP contribution in [-0.2, 0) is 0 Å². The molecule has 0 radical (unpaired) electrons. The molecule has 1 aliphatic heterocycles. The fraction of sp³-hybridized carbons (Fsp3) is 0.231. The number of piperidine rings is 1. The van der Waals surface area contributed by atoms with E-state index in [1.54, 1.807) is 24.3 Å². The Balaban J connectivity index is 1.26. The smallest absolute Gasteiger partial charge is 0.305 e. The molecule has 5 rings (SSSR count). The molecule has 0 saturated carbocycles. The number of amides is 2. The lowest BCUT2D eigenvalue weighted by Gasteiger charge is -2.32. The summed E-state index contributed by atoms with van der Waals surface area (Å²) in [7, 11) is 0. The van der Waals surface area contributed by atoms with E-state index in [1.165, 1.54) is 23.1 Å². The van der Waals surface area contributed by atoms with Crippen molar-refractivity contribution < 1.29 is 9.59 Å². The van der Waals surface area contributed by atoms with E-state index in [0.29, 0.717) is 41.0 Å². The zero-order valence-electron chi connectivity index (χ0n) is 19.0. The standard InChI is InChI=1S/C26H23ClN4O3S/c1-15-2-3-18(12-21(15)29-24(32)19-5-7-23(27)28-14-19)25(33)31-10-8-16(9-11-31)17-4-6-20-22(13-17)35-26(34)30-20/h2-7,12-14,16H,8-11H2,1H3,(H,29,32)(H,30,34). The number of nitrogens with zero attached hydrogens (tertiary/aromatic N) is 2. The zero-order chi connectivity index (χ0) is 24.5. The van der Waals surface area contributed by atoms with Gasteiger partial charge >= 0.3 is 4.87 Å². The van der Waals surface area contributed by atoms with Gasteiger partial charge in [-0.1, -0.05) is 35.1 Å². The van der Waals surface area contributed by atoms with Crippen molar-refractivity contribution in [1.82, 2.24) is 14.9 Å². The number of hydrogen-bond donors (Lipinski definition) is 2. The lowest BCUT2D eigenvalue weighted by Crippen LogP contribution is -2.38. The van der Waals surface area contributed by atoms with Crippen LogP contribution in [-0.4, -0.2) is 39.8 Å². The molecule has 0 unspecified atom stereocenters. The molecule has 2 aromatic heterocycles. The summed E-state index contributed by atoms with van der Waals surface area (Å²) >= 11 is 7.03. The molecule has 35 heavy (non-hydrogen) atoms. The first-order valence-electron chi connectivity index (χ1n) is 11.3. The number of anilines is 1. The van der Waals surface area contributed by atoms with Crippen molar-refractivity contribution in [1.29, 1.82) is 0 Å². The van der Waals surface area contributed by atoms with Crippen molar-refractivity contribution in [3.8, 4) is 0 Å². The summed E-state index contributed by atoms with van der Waals surface area (Å²) in [5.41, 5.74) is 4.44. The number of likely N-dealkylation sites (tertiary alicyclic amines) is 1. The number of nitrogens with one attached hydrogen (secondary N) is 2. The monoisotopic (exact) mass is 506 g/mol. The Bertz CT molecular complexity index is 1470. The fourth-order valence-electron chi connectivity index (χ4n) is 4.41. The number of aromatic amines is 1. The first-order valence-corrected chi connectivity index (χ1v) is 12.5. The van der Waals surface area contributed by atoms with Crippen LogP contribution in [0.1, 0.15) is 50.6 Å². The second-order valence-corrected chi connectivity index (χ2v) is 10.1. The zero-order valence-corrected chi connectivity index (χ0v) is 20.6. The van der Waals surface area contributed by atoms with Gasteiger partial charge in [-0.25, -0.2) is 4.98 Å². The van der Waals surface area contributed by atoms with Gasteiger partial charge in [-0.15, -0.1) is 0 Å². The number of pyridine rings is 1. The van der Waals surface area contributed by atoms with Gasteiger partial charge in [0.1, 0.15) is 5.15 Å². The molecule has 7 nitrogen and oxygen atoms in total. The Labute approximate surface area is 210 Å². The van der Waals surface area contributed by atoms with E-state index in [2.05, 4.69) is 27.4 Å². The molecule has 4 aromatic rings. The fourth-order valence-corrected chi connectivity index (χ4v) is 5.31. The lowest BCUT2D eigenvalue weighted by atomic mass is 9.89. The Morgan fingerprint density at radius 1 is 1.09 bits per heavy atom. The van der Waals surface area contributed by atoms with Gasteiger partial charge in [0.05, 0.1) is 15.8 Å². The third-order valence-corrected chi connectivity index (χ3v) is 7.49. The van der Waals surface area contributed by atoms with Gasteiger partial charge in [0.25, 0.3) is 11.8 Å². The van der Waals surface area contributed by atoms with Gasteiger partial charge in [0.2, 0.25) is 0 Å². The van der Waals surface area contributed by atoms with Crippen LogP contribution in [0.5, 0.6) is 0 Å². The molecular formula is C26H23ClN4O3S. The maximum atomic E-state index is 13.2. The van der Waals surface area contributed by atoms with Gasteiger partial charge in [-0.05, 0) is 73.2 Å². The number of H-pyrrole nitrogens is 1. The van der Waals surface area contributed by atoms with Crippen molar-refractivity contribution in [3.63, 3.8) is 0 Å². The van der Waals surface area contributed by atoms with E-state index in [-0.39, 0.29) is 16.7 Å². The van der Waals surface area contributed by atoms with Crippen molar-refractivity contribution in [2.24, 2.45) is 0 Å². The third kappa shape index (κ3) is 4.99. The minimum absolute atomic E-state index is 0.0453. The van der Waals surface area contributed by atoms with Crippen molar-refractivity contribution in [2.75, 3.05) is 18.4 Å². The number of thiazole rings is 1. The second-order valence-electron chi connectivity index (χ2n) is 8.69. The Morgan fingerprint density at radius 3 is 2.60 bits per heavy atom. The molecule has 2 N–H and O–H groups in total. The number of aryl methyl sites for hydroxylation is 1. The highest BCUT2D eigenvalue weighted by atomic mass is 35.5. The van der Waals surface area contributed by atoms with Gasteiger partial charge in [0, 0.05) is 30.5 Å². The molecule has 0 atom stereocenters. The number of fused-ring (bicyclic) bond motifs is 1. The maximum Gasteiger partial charge on any atom is 0.305 e. The first kappa shape index (κ1) is 23.3. The second kappa shape index (κ2) is 9.64. The van der Waals surface area contributed by atoms with E-state index in [1.807, 2.05) is 24.0 Å². The maximum absolute atomic E-state index is 13.2. The summed E-state index contributed by atoms with van der Waals surface area (Å²) in [6.45, 7) is 3.18. The number of carbonyl (C=O) groups excluding carboxylic acids is 2. The van der Waals surface area contributed by atoms with E-state index < -0.39 is 0 Å². The predicted molar refractivity (Wildman–Crippen MR) is 139 cm³/mol. The van der Waals surface area contributed by atoms with Gasteiger partial charge in [-0.2, -0.15) is 0 Å². The topological polar surface area (TPSA) is 95.2 Å². The number of hydrogen-bond acceptors (Lipinski definition) is 5. The molecular weight excluding hydrogens is 484 g/mol. The highest BCUT2D eigenvalue weighted by Gasteiger charge is 2.25. The molecule has 2 amide bonds. The molecule has 0 aliphatic carbocycles. The summed E-state index contributed by atoms with van der Waals surface area (Å²) in [5, 5.41) is 3.19. The van der Waals surface area contributed by atoms with E-state index in [9.17, 15) is 14.4 Å². The van der Waals surface area contributed by atoms with Crippen molar-refractivity contribution in [2.45, 2.75) is 25.7 Å². The lowest BCUT2D eigenvalue weighted by molar-refractivity contribution is 0.0712. The average molecular weight is 507 g/mol. The van der Waals surface area contributed by atoms with Crippen molar-refractivity contribution >= 4 is 50.7 Å². The number of rotatable bonds is 4. The number of benzene rings is 2. The summed E-state index contributed by atoms with van der Waals surface area (Å²) in [6.07, 6.45) is 3.13.